The van der Waals surface area contributed by atoms with Crippen LogP contribution in [0.3, 0.4) is 0 Å². The Morgan fingerprint density at radius 1 is 1.36 bits per heavy atom. The maximum absolute atomic E-state index is 12.6. The molecule has 0 aliphatic carbocycles. The molecule has 1 aliphatic rings. The summed E-state index contributed by atoms with van der Waals surface area (Å²) in [6.45, 7) is 4.63. The monoisotopic (exact) mass is 306 g/mol. The van der Waals surface area contributed by atoms with Gasteiger partial charge in [0.15, 0.2) is 0 Å². The lowest BCUT2D eigenvalue weighted by atomic mass is 9.91. The second-order valence-electron chi connectivity index (χ2n) is 5.68. The normalized spacial score (nSPS) is 17.0. The molecule has 1 aromatic carbocycles. The third kappa shape index (κ3) is 4.21. The van der Waals surface area contributed by atoms with E-state index in [0.717, 1.165) is 24.2 Å². The van der Waals surface area contributed by atoms with Gasteiger partial charge in [0.05, 0.1) is 13.2 Å². The van der Waals surface area contributed by atoms with Crippen LogP contribution in [0.25, 0.3) is 0 Å². The fourth-order valence-electron chi connectivity index (χ4n) is 2.78. The molecule has 1 aliphatic heterocycles. The number of hydrogen-bond donors (Lipinski definition) is 1. The summed E-state index contributed by atoms with van der Waals surface area (Å²) in [6, 6.07) is 7.35. The van der Waals surface area contributed by atoms with Crippen LogP contribution in [0.15, 0.2) is 24.3 Å². The van der Waals surface area contributed by atoms with Crippen molar-refractivity contribution in [2.24, 2.45) is 11.7 Å². The number of methoxy groups -OCH3 is 1. The molecule has 1 amide bonds. The Labute approximate surface area is 132 Å². The number of hydrogen-bond acceptors (Lipinski definition) is 4. The van der Waals surface area contributed by atoms with Crippen molar-refractivity contribution in [3.05, 3.63) is 29.8 Å². The van der Waals surface area contributed by atoms with E-state index in [1.807, 2.05) is 36.1 Å². The predicted octanol–water partition coefficient (Wildman–Crippen LogP) is 1.80. The van der Waals surface area contributed by atoms with Gasteiger partial charge in [0, 0.05) is 26.3 Å². The Kier molecular flexibility index (Phi) is 6.21. The minimum atomic E-state index is -0.429. The molecule has 1 heterocycles. The molecule has 1 aromatic rings. The zero-order valence-electron chi connectivity index (χ0n) is 13.5. The maximum atomic E-state index is 12.6. The summed E-state index contributed by atoms with van der Waals surface area (Å²) in [6.07, 6.45) is 1.74. The van der Waals surface area contributed by atoms with Gasteiger partial charge in [0.25, 0.3) is 0 Å². The molecule has 0 saturated carbocycles. The van der Waals surface area contributed by atoms with Gasteiger partial charge < -0.3 is 20.1 Å². The lowest BCUT2D eigenvalue weighted by molar-refractivity contribution is -0.135. The van der Waals surface area contributed by atoms with Crippen LogP contribution >= 0.6 is 0 Å². The molecule has 2 rings (SSSR count). The number of nitrogens with zero attached hydrogens (tertiary/aromatic N) is 1. The van der Waals surface area contributed by atoms with E-state index in [1.165, 1.54) is 0 Å². The SMILES string of the molecule is CCN(Cc1ccc(OC)cc1)C(=O)C(N)C1CCOCC1. The second kappa shape index (κ2) is 8.15. The fourth-order valence-corrected chi connectivity index (χ4v) is 2.78. The Balaban J connectivity index is 1.98. The molecule has 0 radical (unpaired) electrons. The largest absolute Gasteiger partial charge is 0.497 e. The van der Waals surface area contributed by atoms with Crippen molar-refractivity contribution in [2.75, 3.05) is 26.9 Å². The van der Waals surface area contributed by atoms with Gasteiger partial charge in [-0.05, 0) is 43.4 Å². The fraction of sp³-hybridized carbons (Fsp3) is 0.588. The molecule has 1 fully saturated rings. The van der Waals surface area contributed by atoms with Crippen LogP contribution < -0.4 is 10.5 Å². The predicted molar refractivity (Wildman–Crippen MR) is 85.6 cm³/mol. The van der Waals surface area contributed by atoms with E-state index in [1.54, 1.807) is 7.11 Å². The van der Waals surface area contributed by atoms with E-state index in [0.29, 0.717) is 26.3 Å². The van der Waals surface area contributed by atoms with Crippen molar-refractivity contribution in [3.63, 3.8) is 0 Å². The van der Waals surface area contributed by atoms with Gasteiger partial charge in [0.2, 0.25) is 5.91 Å². The summed E-state index contributed by atoms with van der Waals surface area (Å²) in [5.41, 5.74) is 7.28. The van der Waals surface area contributed by atoms with E-state index in [2.05, 4.69) is 0 Å². The molecule has 22 heavy (non-hydrogen) atoms. The summed E-state index contributed by atoms with van der Waals surface area (Å²) in [4.78, 5) is 14.5. The van der Waals surface area contributed by atoms with Crippen molar-refractivity contribution in [3.8, 4) is 5.75 Å². The lowest BCUT2D eigenvalue weighted by Gasteiger charge is -2.31. The van der Waals surface area contributed by atoms with Crippen LogP contribution in [-0.2, 0) is 16.1 Å². The molecule has 1 atom stereocenters. The van der Waals surface area contributed by atoms with Gasteiger partial charge in [0.1, 0.15) is 5.75 Å². The Morgan fingerprint density at radius 2 is 2.00 bits per heavy atom. The number of rotatable bonds is 6. The van der Waals surface area contributed by atoms with Crippen LogP contribution in [0, 0.1) is 5.92 Å². The molecule has 1 saturated heterocycles. The van der Waals surface area contributed by atoms with Crippen LogP contribution in [-0.4, -0.2) is 43.7 Å². The van der Waals surface area contributed by atoms with Gasteiger partial charge >= 0.3 is 0 Å². The number of carbonyl (C=O) groups is 1. The smallest absolute Gasteiger partial charge is 0.240 e. The highest BCUT2D eigenvalue weighted by Gasteiger charge is 2.29. The highest BCUT2D eigenvalue weighted by Crippen LogP contribution is 2.20. The number of nitrogens with two attached hydrogens (primary N) is 1. The van der Waals surface area contributed by atoms with Crippen LogP contribution in [0.4, 0.5) is 0 Å². The first kappa shape index (κ1) is 16.8. The van der Waals surface area contributed by atoms with Gasteiger partial charge in [-0.2, -0.15) is 0 Å². The molecule has 0 spiro atoms. The third-order valence-corrected chi connectivity index (χ3v) is 4.28. The minimum absolute atomic E-state index is 0.0326. The lowest BCUT2D eigenvalue weighted by Crippen LogP contribution is -2.48. The molecule has 0 bridgehead atoms. The number of carbonyl (C=O) groups excluding carboxylic acids is 1. The highest BCUT2D eigenvalue weighted by atomic mass is 16.5. The Morgan fingerprint density at radius 3 is 2.55 bits per heavy atom. The zero-order chi connectivity index (χ0) is 15.9. The van der Waals surface area contributed by atoms with E-state index < -0.39 is 6.04 Å². The molecular formula is C17H26N2O3. The van der Waals surface area contributed by atoms with Gasteiger partial charge in [-0.3, -0.25) is 4.79 Å². The minimum Gasteiger partial charge on any atom is -0.497 e. The van der Waals surface area contributed by atoms with E-state index in [-0.39, 0.29) is 11.8 Å². The quantitative estimate of drug-likeness (QED) is 0.870. The average molecular weight is 306 g/mol. The summed E-state index contributed by atoms with van der Waals surface area (Å²) in [5, 5.41) is 0. The first-order chi connectivity index (χ1) is 10.7. The van der Waals surface area contributed by atoms with Crippen LogP contribution in [0.5, 0.6) is 5.75 Å². The van der Waals surface area contributed by atoms with Crippen molar-refractivity contribution in [1.82, 2.24) is 4.90 Å². The molecule has 0 aromatic heterocycles. The van der Waals surface area contributed by atoms with Crippen LogP contribution in [0.2, 0.25) is 0 Å². The van der Waals surface area contributed by atoms with E-state index in [4.69, 9.17) is 15.2 Å². The molecule has 5 heteroatoms. The third-order valence-electron chi connectivity index (χ3n) is 4.28. The van der Waals surface area contributed by atoms with Gasteiger partial charge in [-0.1, -0.05) is 12.1 Å². The number of ether oxygens (including phenoxy) is 2. The van der Waals surface area contributed by atoms with E-state index >= 15 is 0 Å². The zero-order valence-corrected chi connectivity index (χ0v) is 13.5. The maximum Gasteiger partial charge on any atom is 0.240 e. The summed E-state index contributed by atoms with van der Waals surface area (Å²) in [5.74, 6) is 1.08. The van der Waals surface area contributed by atoms with Crippen molar-refractivity contribution >= 4 is 5.91 Å². The van der Waals surface area contributed by atoms with Crippen LogP contribution in [0.1, 0.15) is 25.3 Å². The van der Waals surface area contributed by atoms with Crippen molar-refractivity contribution in [1.29, 1.82) is 0 Å². The summed E-state index contributed by atoms with van der Waals surface area (Å²) >= 11 is 0. The standard InChI is InChI=1S/C17H26N2O3/c1-3-19(12-13-4-6-15(21-2)7-5-13)17(20)16(18)14-8-10-22-11-9-14/h4-7,14,16H,3,8-12,18H2,1-2H3. The molecule has 2 N–H and O–H groups in total. The summed E-state index contributed by atoms with van der Waals surface area (Å²) < 4.78 is 10.5. The first-order valence-electron chi connectivity index (χ1n) is 7.90. The van der Waals surface area contributed by atoms with E-state index in [9.17, 15) is 4.79 Å². The Hall–Kier alpha value is -1.59. The van der Waals surface area contributed by atoms with Crippen molar-refractivity contribution < 1.29 is 14.3 Å². The first-order valence-corrected chi connectivity index (χ1v) is 7.90. The highest BCUT2D eigenvalue weighted by molar-refractivity contribution is 5.82. The molecule has 5 nitrogen and oxygen atoms in total. The van der Waals surface area contributed by atoms with Gasteiger partial charge in [-0.15, -0.1) is 0 Å². The second-order valence-corrected chi connectivity index (χ2v) is 5.68. The Bertz CT molecular complexity index is 469. The molecular weight excluding hydrogens is 280 g/mol. The number of amides is 1. The number of likely N-dealkylation sites (N-methyl/N-ethyl adjacent to an activating group) is 1. The number of benzene rings is 1. The van der Waals surface area contributed by atoms with Crippen molar-refractivity contribution in [2.45, 2.75) is 32.4 Å². The summed E-state index contributed by atoms with van der Waals surface area (Å²) in [7, 11) is 1.64. The molecule has 122 valence electrons. The average Bonchev–Trinajstić information content (AvgIpc) is 2.59. The topological polar surface area (TPSA) is 64.8 Å². The molecule has 1 unspecified atom stereocenters. The van der Waals surface area contributed by atoms with Gasteiger partial charge in [-0.25, -0.2) is 0 Å².